The van der Waals surface area contributed by atoms with Gasteiger partial charge in [-0.1, -0.05) is 18.2 Å². The van der Waals surface area contributed by atoms with E-state index in [4.69, 9.17) is 5.11 Å². The number of nitrogens with zero attached hydrogens (tertiary/aromatic N) is 2. The summed E-state index contributed by atoms with van der Waals surface area (Å²) in [7, 11) is 0. The van der Waals surface area contributed by atoms with Crippen molar-refractivity contribution in [2.45, 2.75) is 26.3 Å². The average molecular weight is 414 g/mol. The maximum Gasteiger partial charge on any atom is 0.303 e. The van der Waals surface area contributed by atoms with Crippen molar-refractivity contribution in [2.24, 2.45) is 4.99 Å². The second-order valence-electron chi connectivity index (χ2n) is 7.34. The van der Waals surface area contributed by atoms with Crippen molar-refractivity contribution in [1.29, 1.82) is 0 Å². The fourth-order valence-corrected chi connectivity index (χ4v) is 3.53. The van der Waals surface area contributed by atoms with Gasteiger partial charge in [0.05, 0.1) is 17.7 Å². The number of nitrogens with one attached hydrogen (secondary N) is 1. The summed E-state index contributed by atoms with van der Waals surface area (Å²) < 4.78 is 0. The first-order valence-electron chi connectivity index (χ1n) is 9.86. The van der Waals surface area contributed by atoms with Crippen LogP contribution in [0, 0.1) is 0 Å². The number of hydrogen-bond acceptors (Lipinski definition) is 5. The minimum atomic E-state index is -0.986. The normalized spacial score (nSPS) is 12.7. The van der Waals surface area contributed by atoms with E-state index in [1.165, 1.54) is 0 Å². The Kier molecular flexibility index (Phi) is 5.49. The SMILES string of the molecule is CC1=Nc2ccc3ccc(CNc4ccc(C(=O)CCC(=O)O)cc4)cc3c2C(=O)[N]1. The van der Waals surface area contributed by atoms with Gasteiger partial charge in [0.2, 0.25) is 0 Å². The number of ketones is 1. The molecule has 155 valence electrons. The summed E-state index contributed by atoms with van der Waals surface area (Å²) in [6.07, 6.45) is -0.191. The fourth-order valence-electron chi connectivity index (χ4n) is 3.53. The van der Waals surface area contributed by atoms with Gasteiger partial charge in [0.15, 0.2) is 5.78 Å². The number of carbonyl (C=O) groups is 3. The molecular formula is C24H20N3O4. The lowest BCUT2D eigenvalue weighted by atomic mass is 9.98. The van der Waals surface area contributed by atoms with E-state index in [0.717, 1.165) is 22.0 Å². The molecule has 1 aliphatic rings. The van der Waals surface area contributed by atoms with Crippen LogP contribution in [-0.4, -0.2) is 28.6 Å². The standard InChI is InChI=1S/C24H20N3O4/c1-14-26-20-9-6-16-3-2-15(12-19(16)23(20)24(31)27-14)13-25-18-7-4-17(5-8-18)21(28)10-11-22(29)30/h2-9,12,25H,10-11,13H2,1H3,(H,29,30). The highest BCUT2D eigenvalue weighted by atomic mass is 16.4. The quantitative estimate of drug-likeness (QED) is 0.560. The third kappa shape index (κ3) is 4.45. The summed E-state index contributed by atoms with van der Waals surface area (Å²) in [4.78, 5) is 39.4. The molecule has 0 saturated carbocycles. The van der Waals surface area contributed by atoms with E-state index in [0.29, 0.717) is 29.2 Å². The molecule has 0 spiro atoms. The number of aliphatic imine (C=N–C) groups is 1. The van der Waals surface area contributed by atoms with Gasteiger partial charge >= 0.3 is 5.97 Å². The van der Waals surface area contributed by atoms with Crippen LogP contribution in [0.4, 0.5) is 11.4 Å². The molecule has 31 heavy (non-hydrogen) atoms. The molecule has 0 atom stereocenters. The minimum absolute atomic E-state index is 0.0158. The number of rotatable bonds is 7. The number of benzene rings is 3. The average Bonchev–Trinajstić information content (AvgIpc) is 2.75. The maximum absolute atomic E-state index is 12.4. The number of carbonyl (C=O) groups excluding carboxylic acids is 2. The largest absolute Gasteiger partial charge is 0.481 e. The Bertz CT molecular complexity index is 1230. The second kappa shape index (κ2) is 8.39. The number of amides is 1. The van der Waals surface area contributed by atoms with Gasteiger partial charge in [-0.05, 0) is 59.7 Å². The van der Waals surface area contributed by atoms with E-state index in [9.17, 15) is 14.4 Å². The molecule has 1 aliphatic heterocycles. The highest BCUT2D eigenvalue weighted by Crippen LogP contribution is 2.31. The molecular weight excluding hydrogens is 394 g/mol. The molecule has 7 nitrogen and oxygen atoms in total. The number of hydrogen-bond donors (Lipinski definition) is 2. The number of carboxylic acids is 1. The topological polar surface area (TPSA) is 110 Å². The number of aliphatic carboxylic acids is 1. The summed E-state index contributed by atoms with van der Waals surface area (Å²) in [5.41, 5.74) is 3.47. The lowest BCUT2D eigenvalue weighted by Gasteiger charge is -2.15. The maximum atomic E-state index is 12.4. The summed E-state index contributed by atoms with van der Waals surface area (Å²) in [5, 5.41) is 17.7. The zero-order valence-corrected chi connectivity index (χ0v) is 16.9. The Labute approximate surface area is 178 Å². The predicted octanol–water partition coefficient (Wildman–Crippen LogP) is 4.31. The fraction of sp³-hybridized carbons (Fsp3) is 0.167. The Morgan fingerprint density at radius 3 is 2.48 bits per heavy atom. The molecule has 3 aromatic rings. The Hall–Kier alpha value is -4.00. The molecule has 3 aromatic carbocycles. The van der Waals surface area contributed by atoms with Crippen molar-refractivity contribution < 1.29 is 19.5 Å². The molecule has 1 heterocycles. The van der Waals surface area contributed by atoms with Crippen LogP contribution in [0.15, 0.2) is 59.6 Å². The second-order valence-corrected chi connectivity index (χ2v) is 7.34. The summed E-state index contributed by atoms with van der Waals surface area (Å²) in [6, 6.07) is 16.7. The molecule has 4 rings (SSSR count). The predicted molar refractivity (Wildman–Crippen MR) is 118 cm³/mol. The third-order valence-corrected chi connectivity index (χ3v) is 5.09. The molecule has 0 aliphatic carbocycles. The monoisotopic (exact) mass is 414 g/mol. The van der Waals surface area contributed by atoms with E-state index < -0.39 is 5.97 Å². The van der Waals surface area contributed by atoms with E-state index >= 15 is 0 Å². The lowest BCUT2D eigenvalue weighted by Crippen LogP contribution is -2.24. The van der Waals surface area contributed by atoms with Crippen molar-refractivity contribution in [3.05, 3.63) is 71.3 Å². The first-order chi connectivity index (χ1) is 14.9. The van der Waals surface area contributed by atoms with Crippen LogP contribution in [0.1, 0.15) is 46.0 Å². The van der Waals surface area contributed by atoms with Crippen LogP contribution in [0.3, 0.4) is 0 Å². The van der Waals surface area contributed by atoms with Gasteiger partial charge < -0.3 is 10.4 Å². The van der Waals surface area contributed by atoms with Gasteiger partial charge in [0.25, 0.3) is 5.91 Å². The van der Waals surface area contributed by atoms with Crippen molar-refractivity contribution in [3.8, 4) is 0 Å². The van der Waals surface area contributed by atoms with Crippen LogP contribution < -0.4 is 10.6 Å². The van der Waals surface area contributed by atoms with Gasteiger partial charge in [0, 0.05) is 24.2 Å². The highest BCUT2D eigenvalue weighted by Gasteiger charge is 2.21. The molecule has 0 unspecified atom stereocenters. The van der Waals surface area contributed by atoms with Gasteiger partial charge in [-0.2, -0.15) is 5.32 Å². The Morgan fingerprint density at radius 2 is 1.74 bits per heavy atom. The zero-order chi connectivity index (χ0) is 22.0. The molecule has 1 radical (unpaired) electrons. The molecule has 0 saturated heterocycles. The smallest absolute Gasteiger partial charge is 0.303 e. The van der Waals surface area contributed by atoms with Crippen LogP contribution in [0.2, 0.25) is 0 Å². The van der Waals surface area contributed by atoms with Crippen molar-refractivity contribution >= 4 is 45.6 Å². The summed E-state index contributed by atoms with van der Waals surface area (Å²) in [6.45, 7) is 2.23. The van der Waals surface area contributed by atoms with E-state index in [2.05, 4.69) is 15.6 Å². The molecule has 0 bridgehead atoms. The van der Waals surface area contributed by atoms with Gasteiger partial charge in [-0.25, -0.2) is 4.99 Å². The van der Waals surface area contributed by atoms with Crippen molar-refractivity contribution in [2.75, 3.05) is 5.32 Å². The van der Waals surface area contributed by atoms with Crippen LogP contribution in [-0.2, 0) is 11.3 Å². The number of fused-ring (bicyclic) bond motifs is 3. The highest BCUT2D eigenvalue weighted by molar-refractivity contribution is 6.18. The van der Waals surface area contributed by atoms with Gasteiger partial charge in [0.1, 0.15) is 5.84 Å². The van der Waals surface area contributed by atoms with Crippen LogP contribution >= 0.6 is 0 Å². The molecule has 2 N–H and O–H groups in total. The number of Topliss-reactive ketones (excluding diaryl/α,β-unsaturated/α-hetero) is 1. The van der Waals surface area contributed by atoms with Crippen LogP contribution in [0.5, 0.6) is 0 Å². The molecule has 7 heteroatoms. The van der Waals surface area contributed by atoms with Gasteiger partial charge in [-0.3, -0.25) is 14.4 Å². The summed E-state index contributed by atoms with van der Waals surface area (Å²) >= 11 is 0. The zero-order valence-electron chi connectivity index (χ0n) is 16.9. The molecule has 0 fully saturated rings. The number of anilines is 1. The third-order valence-electron chi connectivity index (χ3n) is 5.09. The van der Waals surface area contributed by atoms with E-state index in [-0.39, 0.29) is 24.5 Å². The van der Waals surface area contributed by atoms with Crippen molar-refractivity contribution in [3.63, 3.8) is 0 Å². The first-order valence-corrected chi connectivity index (χ1v) is 9.86. The van der Waals surface area contributed by atoms with E-state index in [1.807, 2.05) is 30.3 Å². The number of carboxylic acid groups (broad SMARTS) is 1. The van der Waals surface area contributed by atoms with E-state index in [1.54, 1.807) is 31.2 Å². The van der Waals surface area contributed by atoms with Gasteiger partial charge in [-0.15, -0.1) is 0 Å². The minimum Gasteiger partial charge on any atom is -0.481 e. The lowest BCUT2D eigenvalue weighted by molar-refractivity contribution is -0.136. The Morgan fingerprint density at radius 1 is 1.00 bits per heavy atom. The molecule has 0 aromatic heterocycles. The Balaban J connectivity index is 1.49. The van der Waals surface area contributed by atoms with Crippen LogP contribution in [0.25, 0.3) is 10.8 Å². The molecule has 1 amide bonds. The summed E-state index contributed by atoms with van der Waals surface area (Å²) in [5.74, 6) is -0.997. The van der Waals surface area contributed by atoms with Crippen molar-refractivity contribution in [1.82, 2.24) is 5.32 Å². The first kappa shape index (κ1) is 20.3. The number of amidine groups is 1.